The lowest BCUT2D eigenvalue weighted by molar-refractivity contribution is -0.121. The van der Waals surface area contributed by atoms with Gasteiger partial charge in [0.05, 0.1) is 6.20 Å². The van der Waals surface area contributed by atoms with Crippen molar-refractivity contribution in [3.05, 3.63) is 18.0 Å². The SMILES string of the molecule is Cc1cnn(CCC(=O)NCC(N)C2CC2)c1.Cl.Cl. The van der Waals surface area contributed by atoms with Crippen molar-refractivity contribution >= 4 is 30.7 Å². The van der Waals surface area contributed by atoms with E-state index in [1.807, 2.05) is 13.1 Å². The number of halogens is 2. The van der Waals surface area contributed by atoms with Gasteiger partial charge in [-0.2, -0.15) is 5.10 Å². The van der Waals surface area contributed by atoms with Crippen LogP contribution < -0.4 is 11.1 Å². The zero-order chi connectivity index (χ0) is 12.3. The summed E-state index contributed by atoms with van der Waals surface area (Å²) in [6.45, 7) is 3.21. The molecule has 0 bridgehead atoms. The van der Waals surface area contributed by atoms with Crippen LogP contribution in [0.15, 0.2) is 12.4 Å². The zero-order valence-electron chi connectivity index (χ0n) is 11.0. The van der Waals surface area contributed by atoms with Crippen LogP contribution in [0.3, 0.4) is 0 Å². The van der Waals surface area contributed by atoms with Gasteiger partial charge in [0.15, 0.2) is 0 Å². The van der Waals surface area contributed by atoms with Gasteiger partial charge < -0.3 is 11.1 Å². The first-order valence-corrected chi connectivity index (χ1v) is 6.16. The van der Waals surface area contributed by atoms with Gasteiger partial charge in [0.25, 0.3) is 0 Å². The van der Waals surface area contributed by atoms with E-state index in [4.69, 9.17) is 5.73 Å². The molecule has 1 atom stereocenters. The molecule has 1 fully saturated rings. The largest absolute Gasteiger partial charge is 0.354 e. The fourth-order valence-corrected chi connectivity index (χ4v) is 1.82. The molecular formula is C12H22Cl2N4O. The number of aromatic nitrogens is 2. The molecule has 1 saturated carbocycles. The molecule has 1 heterocycles. The minimum Gasteiger partial charge on any atom is -0.354 e. The lowest BCUT2D eigenvalue weighted by Crippen LogP contribution is -2.38. The Hall–Kier alpha value is -0.780. The second kappa shape index (κ2) is 8.40. The number of amides is 1. The predicted octanol–water partition coefficient (Wildman–Crippen LogP) is 1.28. The number of aryl methyl sites for hydroxylation is 2. The third kappa shape index (κ3) is 6.27. The van der Waals surface area contributed by atoms with Crippen LogP contribution in [0.2, 0.25) is 0 Å². The predicted molar refractivity (Wildman–Crippen MR) is 79.8 cm³/mol. The van der Waals surface area contributed by atoms with Crippen molar-refractivity contribution in [1.29, 1.82) is 0 Å². The first-order chi connectivity index (χ1) is 8.15. The summed E-state index contributed by atoms with van der Waals surface area (Å²) >= 11 is 0. The molecule has 1 unspecified atom stereocenters. The van der Waals surface area contributed by atoms with Crippen molar-refractivity contribution in [3.8, 4) is 0 Å². The lowest BCUT2D eigenvalue weighted by Gasteiger charge is -2.11. The van der Waals surface area contributed by atoms with E-state index in [0.29, 0.717) is 25.4 Å². The lowest BCUT2D eigenvalue weighted by atomic mass is 10.2. The smallest absolute Gasteiger partial charge is 0.221 e. The van der Waals surface area contributed by atoms with E-state index < -0.39 is 0 Å². The number of nitrogens with one attached hydrogen (secondary N) is 1. The van der Waals surface area contributed by atoms with Crippen molar-refractivity contribution in [2.45, 2.75) is 38.8 Å². The number of hydrogen-bond donors (Lipinski definition) is 2. The van der Waals surface area contributed by atoms with E-state index in [2.05, 4.69) is 10.4 Å². The second-order valence-corrected chi connectivity index (χ2v) is 4.84. The normalized spacial score (nSPS) is 15.1. The highest BCUT2D eigenvalue weighted by Gasteiger charge is 2.28. The van der Waals surface area contributed by atoms with Gasteiger partial charge in [-0.15, -0.1) is 24.8 Å². The molecule has 0 spiro atoms. The first kappa shape index (κ1) is 18.2. The number of carbonyl (C=O) groups excluding carboxylic acids is 1. The van der Waals surface area contributed by atoms with Gasteiger partial charge in [-0.3, -0.25) is 9.48 Å². The average Bonchev–Trinajstić information content (AvgIpc) is 3.07. The van der Waals surface area contributed by atoms with Crippen molar-refractivity contribution in [1.82, 2.24) is 15.1 Å². The third-order valence-electron chi connectivity index (χ3n) is 3.09. The van der Waals surface area contributed by atoms with Gasteiger partial charge in [0.2, 0.25) is 5.91 Å². The molecule has 0 saturated heterocycles. The monoisotopic (exact) mass is 308 g/mol. The zero-order valence-corrected chi connectivity index (χ0v) is 12.7. The van der Waals surface area contributed by atoms with Crippen LogP contribution >= 0.6 is 24.8 Å². The minimum absolute atomic E-state index is 0. The molecule has 1 aromatic heterocycles. The van der Waals surface area contributed by atoms with E-state index in [9.17, 15) is 4.79 Å². The van der Waals surface area contributed by atoms with Gasteiger partial charge in [0, 0.05) is 31.7 Å². The number of nitrogens with zero attached hydrogens (tertiary/aromatic N) is 2. The van der Waals surface area contributed by atoms with E-state index in [0.717, 1.165) is 5.56 Å². The van der Waals surface area contributed by atoms with Gasteiger partial charge in [-0.1, -0.05) is 0 Å². The Kier molecular flexibility index (Phi) is 8.06. The molecule has 1 amide bonds. The second-order valence-electron chi connectivity index (χ2n) is 4.84. The molecule has 0 radical (unpaired) electrons. The highest BCUT2D eigenvalue weighted by atomic mass is 35.5. The van der Waals surface area contributed by atoms with E-state index in [1.165, 1.54) is 12.8 Å². The molecule has 2 rings (SSSR count). The summed E-state index contributed by atoms with van der Waals surface area (Å²) in [5.41, 5.74) is 7.02. The van der Waals surface area contributed by atoms with E-state index in [1.54, 1.807) is 10.9 Å². The number of nitrogens with two attached hydrogens (primary N) is 1. The summed E-state index contributed by atoms with van der Waals surface area (Å²) in [6.07, 6.45) is 6.61. The van der Waals surface area contributed by atoms with Gasteiger partial charge in [-0.05, 0) is 31.2 Å². The molecule has 3 N–H and O–H groups in total. The topological polar surface area (TPSA) is 72.9 Å². The molecule has 1 aliphatic carbocycles. The number of rotatable bonds is 6. The van der Waals surface area contributed by atoms with Crippen LogP contribution in [0.25, 0.3) is 0 Å². The summed E-state index contributed by atoms with van der Waals surface area (Å²) in [7, 11) is 0. The molecule has 19 heavy (non-hydrogen) atoms. The highest BCUT2D eigenvalue weighted by molar-refractivity contribution is 5.85. The van der Waals surface area contributed by atoms with Crippen LogP contribution in [-0.2, 0) is 11.3 Å². The van der Waals surface area contributed by atoms with Gasteiger partial charge >= 0.3 is 0 Å². The molecule has 1 aliphatic rings. The molecular weight excluding hydrogens is 287 g/mol. The summed E-state index contributed by atoms with van der Waals surface area (Å²) in [5.74, 6) is 0.679. The number of hydrogen-bond acceptors (Lipinski definition) is 3. The highest BCUT2D eigenvalue weighted by Crippen LogP contribution is 2.31. The molecule has 5 nitrogen and oxygen atoms in total. The minimum atomic E-state index is 0. The summed E-state index contributed by atoms with van der Waals surface area (Å²) in [5, 5.41) is 7.01. The molecule has 0 aliphatic heterocycles. The quantitative estimate of drug-likeness (QED) is 0.831. The molecule has 110 valence electrons. The first-order valence-electron chi connectivity index (χ1n) is 6.16. The summed E-state index contributed by atoms with van der Waals surface area (Å²) in [6, 6.07) is 0.130. The van der Waals surface area contributed by atoms with Crippen LogP contribution in [0.5, 0.6) is 0 Å². The third-order valence-corrected chi connectivity index (χ3v) is 3.09. The van der Waals surface area contributed by atoms with Gasteiger partial charge in [0.1, 0.15) is 0 Å². The Balaban J connectivity index is 0.00000162. The maximum absolute atomic E-state index is 11.6. The summed E-state index contributed by atoms with van der Waals surface area (Å²) < 4.78 is 1.79. The van der Waals surface area contributed by atoms with Crippen LogP contribution in [-0.4, -0.2) is 28.3 Å². The molecule has 0 aromatic carbocycles. The Morgan fingerprint density at radius 1 is 1.58 bits per heavy atom. The van der Waals surface area contributed by atoms with Crippen molar-refractivity contribution in [3.63, 3.8) is 0 Å². The van der Waals surface area contributed by atoms with Gasteiger partial charge in [-0.25, -0.2) is 0 Å². The van der Waals surface area contributed by atoms with Crippen molar-refractivity contribution in [2.75, 3.05) is 6.54 Å². The fourth-order valence-electron chi connectivity index (χ4n) is 1.82. The standard InChI is InChI=1S/C12H20N4O.2ClH/c1-9-6-15-16(8-9)5-4-12(17)14-7-11(13)10-2-3-10;;/h6,8,10-11H,2-5,7,13H2,1H3,(H,14,17);2*1H. The van der Waals surface area contributed by atoms with Crippen molar-refractivity contribution < 1.29 is 4.79 Å². The average molecular weight is 309 g/mol. The van der Waals surface area contributed by atoms with E-state index in [-0.39, 0.29) is 36.8 Å². The van der Waals surface area contributed by atoms with Crippen LogP contribution in [0, 0.1) is 12.8 Å². The molecule has 7 heteroatoms. The Bertz CT molecular complexity index is 393. The van der Waals surface area contributed by atoms with Crippen molar-refractivity contribution in [2.24, 2.45) is 11.7 Å². The van der Waals surface area contributed by atoms with E-state index >= 15 is 0 Å². The Labute approximate surface area is 126 Å². The van der Waals surface area contributed by atoms with Crippen LogP contribution in [0.4, 0.5) is 0 Å². The Morgan fingerprint density at radius 3 is 2.79 bits per heavy atom. The Morgan fingerprint density at radius 2 is 2.26 bits per heavy atom. The molecule has 1 aromatic rings. The number of carbonyl (C=O) groups is 1. The maximum Gasteiger partial charge on any atom is 0.221 e. The fraction of sp³-hybridized carbons (Fsp3) is 0.667. The summed E-state index contributed by atoms with van der Waals surface area (Å²) in [4.78, 5) is 11.6. The maximum atomic E-state index is 11.6. The van der Waals surface area contributed by atoms with Crippen LogP contribution in [0.1, 0.15) is 24.8 Å².